The zero-order valence-electron chi connectivity index (χ0n) is 12.9. The molecule has 0 amide bonds. The molecule has 0 aliphatic rings. The van der Waals surface area contributed by atoms with Crippen molar-refractivity contribution >= 4 is 37.6 Å². The third-order valence-electron chi connectivity index (χ3n) is 3.02. The molecule has 0 fully saturated rings. The number of methoxy groups -OCH3 is 1. The molecule has 0 saturated carbocycles. The summed E-state index contributed by atoms with van der Waals surface area (Å²) in [5.74, 6) is -0.491. The van der Waals surface area contributed by atoms with Gasteiger partial charge in [-0.25, -0.2) is 13.2 Å². The van der Waals surface area contributed by atoms with E-state index in [0.717, 1.165) is 4.47 Å². The fourth-order valence-corrected chi connectivity index (χ4v) is 3.13. The maximum atomic E-state index is 12.3. The standard InChI is InChI=1S/C16H16BrNO5S/c1-22-10-11-23-16(19)12-2-6-14(7-3-12)18-24(20,21)15-8-4-13(17)5-9-15/h2-9,18H,10-11H2,1H3. The molecule has 1 N–H and O–H groups in total. The summed E-state index contributed by atoms with van der Waals surface area (Å²) in [6, 6.07) is 12.3. The number of benzene rings is 2. The van der Waals surface area contributed by atoms with Gasteiger partial charge >= 0.3 is 5.97 Å². The van der Waals surface area contributed by atoms with Crippen molar-refractivity contribution in [1.82, 2.24) is 0 Å². The molecule has 128 valence electrons. The van der Waals surface area contributed by atoms with Crippen LogP contribution in [0.15, 0.2) is 57.9 Å². The average molecular weight is 414 g/mol. The monoisotopic (exact) mass is 413 g/mol. The van der Waals surface area contributed by atoms with Gasteiger partial charge in [0.1, 0.15) is 6.61 Å². The number of sulfonamides is 1. The lowest BCUT2D eigenvalue weighted by Crippen LogP contribution is -2.13. The summed E-state index contributed by atoms with van der Waals surface area (Å²) < 4.78 is 37.6. The van der Waals surface area contributed by atoms with E-state index in [9.17, 15) is 13.2 Å². The molecule has 0 saturated heterocycles. The van der Waals surface area contributed by atoms with Crippen LogP contribution < -0.4 is 4.72 Å². The second-order valence-electron chi connectivity index (χ2n) is 4.77. The van der Waals surface area contributed by atoms with Gasteiger partial charge in [-0.2, -0.15) is 0 Å². The van der Waals surface area contributed by atoms with Gasteiger partial charge in [0, 0.05) is 17.3 Å². The van der Waals surface area contributed by atoms with Crippen LogP contribution in [0.1, 0.15) is 10.4 Å². The van der Waals surface area contributed by atoms with Crippen molar-refractivity contribution in [3.05, 3.63) is 58.6 Å². The molecule has 6 nitrogen and oxygen atoms in total. The first kappa shape index (κ1) is 18.4. The lowest BCUT2D eigenvalue weighted by Gasteiger charge is -2.09. The van der Waals surface area contributed by atoms with E-state index in [1.165, 1.54) is 43.5 Å². The van der Waals surface area contributed by atoms with Gasteiger partial charge in [-0.1, -0.05) is 15.9 Å². The van der Waals surface area contributed by atoms with Gasteiger partial charge in [0.15, 0.2) is 0 Å². The maximum absolute atomic E-state index is 12.3. The lowest BCUT2D eigenvalue weighted by atomic mass is 10.2. The van der Waals surface area contributed by atoms with E-state index >= 15 is 0 Å². The second-order valence-corrected chi connectivity index (χ2v) is 7.36. The third-order valence-corrected chi connectivity index (χ3v) is 4.94. The highest BCUT2D eigenvalue weighted by molar-refractivity contribution is 9.10. The van der Waals surface area contributed by atoms with Crippen LogP contribution >= 0.6 is 15.9 Å². The van der Waals surface area contributed by atoms with Crippen LogP contribution in [-0.2, 0) is 19.5 Å². The van der Waals surface area contributed by atoms with Crippen LogP contribution in [0.4, 0.5) is 5.69 Å². The molecule has 8 heteroatoms. The molecule has 0 unspecified atom stereocenters. The molecule has 0 atom stereocenters. The summed E-state index contributed by atoms with van der Waals surface area (Å²) in [6.45, 7) is 0.476. The molecule has 0 aliphatic heterocycles. The number of nitrogens with one attached hydrogen (secondary N) is 1. The molecular weight excluding hydrogens is 398 g/mol. The Labute approximate surface area is 149 Å². The van der Waals surface area contributed by atoms with Crippen LogP contribution in [0.25, 0.3) is 0 Å². The first-order chi connectivity index (χ1) is 11.4. The van der Waals surface area contributed by atoms with Gasteiger partial charge in [-0.3, -0.25) is 4.72 Å². The van der Waals surface area contributed by atoms with Crippen molar-refractivity contribution in [3.63, 3.8) is 0 Å². The second kappa shape index (κ2) is 8.27. The van der Waals surface area contributed by atoms with Crippen LogP contribution in [0, 0.1) is 0 Å². The number of carbonyl (C=O) groups is 1. The minimum atomic E-state index is -3.68. The summed E-state index contributed by atoms with van der Waals surface area (Å²) in [6.07, 6.45) is 0. The Morgan fingerprint density at radius 1 is 1.04 bits per heavy atom. The topological polar surface area (TPSA) is 81.7 Å². The quantitative estimate of drug-likeness (QED) is 0.557. The SMILES string of the molecule is COCCOC(=O)c1ccc(NS(=O)(=O)c2ccc(Br)cc2)cc1. The van der Waals surface area contributed by atoms with E-state index in [0.29, 0.717) is 17.9 Å². The van der Waals surface area contributed by atoms with Crippen LogP contribution in [0.5, 0.6) is 0 Å². The maximum Gasteiger partial charge on any atom is 0.338 e. The van der Waals surface area contributed by atoms with E-state index in [1.54, 1.807) is 12.1 Å². The molecule has 0 bridgehead atoms. The fraction of sp³-hybridized carbons (Fsp3) is 0.188. The molecule has 0 heterocycles. The van der Waals surface area contributed by atoms with Crippen molar-refractivity contribution in [3.8, 4) is 0 Å². The summed E-state index contributed by atoms with van der Waals surface area (Å²) in [4.78, 5) is 11.9. The third kappa shape index (κ3) is 5.05. The first-order valence-electron chi connectivity index (χ1n) is 6.97. The number of carbonyl (C=O) groups excluding carboxylic acids is 1. The molecule has 0 aromatic heterocycles. The number of rotatable bonds is 7. The van der Waals surface area contributed by atoms with E-state index in [-0.39, 0.29) is 11.5 Å². The minimum Gasteiger partial charge on any atom is -0.460 e. The average Bonchev–Trinajstić information content (AvgIpc) is 2.55. The zero-order valence-corrected chi connectivity index (χ0v) is 15.3. The van der Waals surface area contributed by atoms with Crippen molar-refractivity contribution in [2.75, 3.05) is 25.0 Å². The molecular formula is C16H16BrNO5S. The van der Waals surface area contributed by atoms with E-state index in [2.05, 4.69) is 20.7 Å². The fourth-order valence-electron chi connectivity index (χ4n) is 1.80. The first-order valence-corrected chi connectivity index (χ1v) is 9.24. The molecule has 2 rings (SSSR count). The van der Waals surface area contributed by atoms with Crippen LogP contribution in [0.2, 0.25) is 0 Å². The molecule has 2 aromatic rings. The summed E-state index contributed by atoms with van der Waals surface area (Å²) >= 11 is 3.26. The van der Waals surface area contributed by atoms with Crippen LogP contribution in [-0.4, -0.2) is 34.7 Å². The minimum absolute atomic E-state index is 0.147. The summed E-state index contributed by atoms with van der Waals surface area (Å²) in [5.41, 5.74) is 0.684. The Bertz CT molecular complexity index is 788. The Hall–Kier alpha value is -1.90. The summed E-state index contributed by atoms with van der Waals surface area (Å²) in [5, 5.41) is 0. The van der Waals surface area contributed by atoms with Gasteiger partial charge < -0.3 is 9.47 Å². The van der Waals surface area contributed by atoms with E-state index < -0.39 is 16.0 Å². The number of ether oxygens (including phenoxy) is 2. The van der Waals surface area contributed by atoms with Crippen LogP contribution in [0.3, 0.4) is 0 Å². The highest BCUT2D eigenvalue weighted by atomic mass is 79.9. The Morgan fingerprint density at radius 2 is 1.67 bits per heavy atom. The number of halogens is 1. The molecule has 2 aromatic carbocycles. The largest absolute Gasteiger partial charge is 0.460 e. The lowest BCUT2D eigenvalue weighted by molar-refractivity contribution is 0.0388. The number of hydrogen-bond donors (Lipinski definition) is 1. The predicted octanol–water partition coefficient (Wildman–Crippen LogP) is 3.05. The number of hydrogen-bond acceptors (Lipinski definition) is 5. The highest BCUT2D eigenvalue weighted by Gasteiger charge is 2.14. The van der Waals surface area contributed by atoms with Gasteiger partial charge in [0.05, 0.1) is 17.1 Å². The molecule has 0 aliphatic carbocycles. The van der Waals surface area contributed by atoms with Gasteiger partial charge in [0.2, 0.25) is 0 Å². The smallest absolute Gasteiger partial charge is 0.338 e. The van der Waals surface area contributed by atoms with E-state index in [1.807, 2.05) is 0 Å². The normalized spacial score (nSPS) is 11.1. The highest BCUT2D eigenvalue weighted by Crippen LogP contribution is 2.19. The van der Waals surface area contributed by atoms with Gasteiger partial charge in [-0.15, -0.1) is 0 Å². The van der Waals surface area contributed by atoms with Crippen molar-refractivity contribution < 1.29 is 22.7 Å². The van der Waals surface area contributed by atoms with Gasteiger partial charge in [-0.05, 0) is 48.5 Å². The number of anilines is 1. The zero-order chi connectivity index (χ0) is 17.6. The molecule has 24 heavy (non-hydrogen) atoms. The predicted molar refractivity (Wildman–Crippen MR) is 93.6 cm³/mol. The summed E-state index contributed by atoms with van der Waals surface area (Å²) in [7, 11) is -2.17. The Morgan fingerprint density at radius 3 is 2.25 bits per heavy atom. The van der Waals surface area contributed by atoms with Crippen molar-refractivity contribution in [2.45, 2.75) is 4.90 Å². The Kier molecular flexibility index (Phi) is 6.36. The number of esters is 1. The Balaban J connectivity index is 2.05. The molecule has 0 spiro atoms. The molecule has 0 radical (unpaired) electrons. The van der Waals surface area contributed by atoms with Crippen molar-refractivity contribution in [1.29, 1.82) is 0 Å². The van der Waals surface area contributed by atoms with E-state index in [4.69, 9.17) is 9.47 Å². The van der Waals surface area contributed by atoms with Gasteiger partial charge in [0.25, 0.3) is 10.0 Å². The van der Waals surface area contributed by atoms with Crippen molar-refractivity contribution in [2.24, 2.45) is 0 Å².